The van der Waals surface area contributed by atoms with Gasteiger partial charge in [0, 0.05) is 22.0 Å². The van der Waals surface area contributed by atoms with Gasteiger partial charge in [-0.15, -0.1) is 0 Å². The number of benzene rings is 1. The Kier molecular flexibility index (Phi) is 3.43. The second-order valence-corrected chi connectivity index (χ2v) is 5.45. The molecule has 0 aliphatic carbocycles. The number of hydrogen-bond donors (Lipinski definition) is 1. The largest absolute Gasteiger partial charge is 0.398 e. The molecule has 1 fully saturated rings. The summed E-state index contributed by atoms with van der Waals surface area (Å²) in [5.41, 5.74) is 7.23. The van der Waals surface area contributed by atoms with Gasteiger partial charge in [-0.05, 0) is 27.6 Å². The summed E-state index contributed by atoms with van der Waals surface area (Å²) in [4.78, 5) is 25.3. The molecule has 1 heterocycles. The third-order valence-electron chi connectivity index (χ3n) is 3.50. The first kappa shape index (κ1) is 13.1. The van der Waals surface area contributed by atoms with Gasteiger partial charge in [0.25, 0.3) is 0 Å². The quantitative estimate of drug-likeness (QED) is 0.672. The predicted octanol–water partition coefficient (Wildman–Crippen LogP) is 2.17. The lowest BCUT2D eigenvalue weighted by Gasteiger charge is -2.16. The van der Waals surface area contributed by atoms with Crippen LogP contribution >= 0.6 is 15.9 Å². The van der Waals surface area contributed by atoms with Crippen LogP contribution in [-0.2, 0) is 16.1 Å². The minimum Gasteiger partial charge on any atom is -0.398 e. The number of nitrogens with two attached hydrogens (primary N) is 1. The Morgan fingerprint density at radius 2 is 1.78 bits per heavy atom. The summed E-state index contributed by atoms with van der Waals surface area (Å²) in [6.45, 7) is 3.86. The third-order valence-corrected chi connectivity index (χ3v) is 4.47. The molecule has 2 rings (SSSR count). The van der Waals surface area contributed by atoms with Crippen molar-refractivity contribution in [3.63, 3.8) is 0 Å². The van der Waals surface area contributed by atoms with Gasteiger partial charge in [-0.25, -0.2) is 0 Å². The van der Waals surface area contributed by atoms with Crippen molar-refractivity contribution >= 4 is 33.4 Å². The molecule has 2 N–H and O–H groups in total. The lowest BCUT2D eigenvalue weighted by molar-refractivity contribution is -0.140. The zero-order valence-corrected chi connectivity index (χ0v) is 11.9. The van der Waals surface area contributed by atoms with Crippen LogP contribution < -0.4 is 5.73 Å². The van der Waals surface area contributed by atoms with Crippen molar-refractivity contribution in [3.8, 4) is 0 Å². The highest BCUT2D eigenvalue weighted by Gasteiger charge is 2.42. The van der Waals surface area contributed by atoms with Gasteiger partial charge in [0.2, 0.25) is 11.8 Å². The zero-order valence-electron chi connectivity index (χ0n) is 10.3. The molecular weight excluding hydrogens is 296 g/mol. The number of halogens is 1. The maximum Gasteiger partial charge on any atom is 0.233 e. The number of carbonyl (C=O) groups is 2. The number of rotatable bonds is 2. The van der Waals surface area contributed by atoms with E-state index in [0.717, 1.165) is 10.0 Å². The van der Waals surface area contributed by atoms with E-state index in [1.807, 2.05) is 12.1 Å². The number of hydrogen-bond acceptors (Lipinski definition) is 3. The number of amides is 2. The number of anilines is 1. The molecule has 1 aliphatic heterocycles. The summed E-state index contributed by atoms with van der Waals surface area (Å²) < 4.78 is 0.748. The first-order valence-electron chi connectivity index (χ1n) is 5.81. The molecule has 0 bridgehead atoms. The Balaban J connectivity index is 2.27. The van der Waals surface area contributed by atoms with Crippen molar-refractivity contribution in [2.75, 3.05) is 5.73 Å². The average molecular weight is 311 g/mol. The molecule has 2 atom stereocenters. The number of nitrogens with zero attached hydrogens (tertiary/aromatic N) is 1. The molecule has 2 amide bonds. The van der Waals surface area contributed by atoms with E-state index in [1.54, 1.807) is 19.9 Å². The van der Waals surface area contributed by atoms with Crippen LogP contribution in [-0.4, -0.2) is 16.7 Å². The van der Waals surface area contributed by atoms with Crippen LogP contribution in [0, 0.1) is 11.8 Å². The number of imide groups is 1. The summed E-state index contributed by atoms with van der Waals surface area (Å²) in [7, 11) is 0. The van der Waals surface area contributed by atoms with E-state index in [4.69, 9.17) is 5.73 Å². The van der Waals surface area contributed by atoms with Gasteiger partial charge in [0.1, 0.15) is 0 Å². The Labute approximate surface area is 114 Å². The van der Waals surface area contributed by atoms with Crippen LogP contribution in [0.1, 0.15) is 19.4 Å². The van der Waals surface area contributed by atoms with E-state index >= 15 is 0 Å². The predicted molar refractivity (Wildman–Crippen MR) is 72.4 cm³/mol. The van der Waals surface area contributed by atoms with E-state index in [1.165, 1.54) is 4.90 Å². The fourth-order valence-electron chi connectivity index (χ4n) is 2.08. The SMILES string of the molecule is CC1C(=O)N(Cc2cccc(N)c2Br)C(=O)C1C. The zero-order chi connectivity index (χ0) is 13.4. The normalized spacial score (nSPS) is 23.8. The van der Waals surface area contributed by atoms with Gasteiger partial charge in [0.05, 0.1) is 6.54 Å². The Morgan fingerprint density at radius 3 is 2.33 bits per heavy atom. The fraction of sp³-hybridized carbons (Fsp3) is 0.385. The molecule has 4 nitrogen and oxygen atoms in total. The molecule has 1 aliphatic rings. The maximum atomic E-state index is 12.0. The van der Waals surface area contributed by atoms with Crippen LogP contribution in [0.2, 0.25) is 0 Å². The molecular formula is C13H15BrN2O2. The second-order valence-electron chi connectivity index (χ2n) is 4.66. The highest BCUT2D eigenvalue weighted by atomic mass is 79.9. The van der Waals surface area contributed by atoms with Gasteiger partial charge < -0.3 is 5.73 Å². The van der Waals surface area contributed by atoms with Crippen LogP contribution in [0.3, 0.4) is 0 Å². The van der Waals surface area contributed by atoms with Crippen LogP contribution in [0.5, 0.6) is 0 Å². The molecule has 1 saturated heterocycles. The van der Waals surface area contributed by atoms with Crippen molar-refractivity contribution < 1.29 is 9.59 Å². The van der Waals surface area contributed by atoms with E-state index in [-0.39, 0.29) is 30.2 Å². The summed E-state index contributed by atoms with van der Waals surface area (Å²) >= 11 is 3.38. The van der Waals surface area contributed by atoms with Crippen LogP contribution in [0.15, 0.2) is 22.7 Å². The molecule has 0 aromatic heterocycles. The molecule has 1 aromatic carbocycles. The number of nitrogen functional groups attached to an aromatic ring is 1. The Morgan fingerprint density at radius 1 is 1.22 bits per heavy atom. The smallest absolute Gasteiger partial charge is 0.233 e. The molecule has 18 heavy (non-hydrogen) atoms. The lowest BCUT2D eigenvalue weighted by Crippen LogP contribution is -2.30. The molecule has 0 radical (unpaired) electrons. The average Bonchev–Trinajstić information content (AvgIpc) is 2.52. The first-order chi connectivity index (χ1) is 8.43. The summed E-state index contributed by atoms with van der Waals surface area (Å²) in [6.07, 6.45) is 0. The standard InChI is InChI=1S/C13H15BrN2O2/c1-7-8(2)13(18)16(12(7)17)6-9-4-3-5-10(15)11(9)14/h3-5,7-8H,6,15H2,1-2H3. The maximum absolute atomic E-state index is 12.0. The molecule has 1 aromatic rings. The molecule has 0 saturated carbocycles. The van der Waals surface area contributed by atoms with E-state index < -0.39 is 0 Å². The minimum atomic E-state index is -0.239. The van der Waals surface area contributed by atoms with Gasteiger partial charge in [-0.2, -0.15) is 0 Å². The van der Waals surface area contributed by atoms with Gasteiger partial charge in [-0.1, -0.05) is 26.0 Å². The lowest BCUT2D eigenvalue weighted by atomic mass is 10.00. The van der Waals surface area contributed by atoms with Gasteiger partial charge in [0.15, 0.2) is 0 Å². The van der Waals surface area contributed by atoms with Crippen molar-refractivity contribution in [2.45, 2.75) is 20.4 Å². The summed E-state index contributed by atoms with van der Waals surface area (Å²) in [6, 6.07) is 5.44. The Hall–Kier alpha value is -1.36. The minimum absolute atomic E-state index is 0.109. The van der Waals surface area contributed by atoms with Crippen molar-refractivity contribution in [1.29, 1.82) is 0 Å². The second kappa shape index (κ2) is 4.72. The van der Waals surface area contributed by atoms with Gasteiger partial charge in [-0.3, -0.25) is 14.5 Å². The number of likely N-dealkylation sites (tertiary alicyclic amines) is 1. The first-order valence-corrected chi connectivity index (χ1v) is 6.61. The van der Waals surface area contributed by atoms with E-state index in [0.29, 0.717) is 5.69 Å². The topological polar surface area (TPSA) is 63.4 Å². The van der Waals surface area contributed by atoms with Gasteiger partial charge >= 0.3 is 0 Å². The molecule has 0 spiro atoms. The third kappa shape index (κ3) is 2.03. The van der Waals surface area contributed by atoms with E-state index in [9.17, 15) is 9.59 Å². The van der Waals surface area contributed by atoms with Crippen LogP contribution in [0.25, 0.3) is 0 Å². The molecule has 2 unspecified atom stereocenters. The Bertz CT molecular complexity index is 496. The highest BCUT2D eigenvalue weighted by Crippen LogP contribution is 2.30. The number of carbonyl (C=O) groups excluding carboxylic acids is 2. The molecule has 96 valence electrons. The highest BCUT2D eigenvalue weighted by molar-refractivity contribution is 9.10. The summed E-state index contributed by atoms with van der Waals surface area (Å²) in [5.74, 6) is -0.696. The van der Waals surface area contributed by atoms with Crippen LogP contribution in [0.4, 0.5) is 5.69 Å². The fourth-order valence-corrected chi connectivity index (χ4v) is 2.47. The van der Waals surface area contributed by atoms with E-state index in [2.05, 4.69) is 15.9 Å². The monoisotopic (exact) mass is 310 g/mol. The van der Waals surface area contributed by atoms with Crippen molar-refractivity contribution in [2.24, 2.45) is 11.8 Å². The molecule has 5 heteroatoms. The summed E-state index contributed by atoms with van der Waals surface area (Å²) in [5, 5.41) is 0. The van der Waals surface area contributed by atoms with Crippen molar-refractivity contribution in [3.05, 3.63) is 28.2 Å². The van der Waals surface area contributed by atoms with Crippen molar-refractivity contribution in [1.82, 2.24) is 4.90 Å².